The topological polar surface area (TPSA) is 55.8 Å². The summed E-state index contributed by atoms with van der Waals surface area (Å²) in [6, 6.07) is 14.9. The zero-order valence-electron chi connectivity index (χ0n) is 13.8. The quantitative estimate of drug-likeness (QED) is 0.746. The van der Waals surface area contributed by atoms with Gasteiger partial charge in [-0.3, -0.25) is 4.79 Å². The number of phenolic OH excluding ortho intramolecular Hbond substituents is 1. The minimum absolute atomic E-state index is 0.136. The van der Waals surface area contributed by atoms with Gasteiger partial charge in [-0.15, -0.1) is 0 Å². The van der Waals surface area contributed by atoms with E-state index in [0.29, 0.717) is 25.4 Å². The second kappa shape index (κ2) is 9.40. The summed E-state index contributed by atoms with van der Waals surface area (Å²) in [5.41, 5.74) is 1.97. The molecule has 0 amide bonds. The Morgan fingerprint density at radius 2 is 1.96 bits per heavy atom. The van der Waals surface area contributed by atoms with Gasteiger partial charge in [0.25, 0.3) is 0 Å². The standard InChI is InChI=1S/C20H22O4/c1-2-23-20(22)13-11-17-10-12-18(21)15-19(17)24-14-6-9-16-7-4-3-5-8-16/h3-10,12,15,21H,2,11,13-14H2,1H3. The van der Waals surface area contributed by atoms with Crippen LogP contribution in [0.15, 0.2) is 54.6 Å². The fraction of sp³-hybridized carbons (Fsp3) is 0.250. The van der Waals surface area contributed by atoms with Crippen LogP contribution >= 0.6 is 0 Å². The van der Waals surface area contributed by atoms with E-state index in [-0.39, 0.29) is 18.1 Å². The maximum absolute atomic E-state index is 11.5. The van der Waals surface area contributed by atoms with Crippen molar-refractivity contribution >= 4 is 12.0 Å². The summed E-state index contributed by atoms with van der Waals surface area (Å²) in [6.45, 7) is 2.54. The molecule has 0 aliphatic carbocycles. The molecule has 24 heavy (non-hydrogen) atoms. The van der Waals surface area contributed by atoms with Crippen molar-refractivity contribution in [3.63, 3.8) is 0 Å². The van der Waals surface area contributed by atoms with Crippen LogP contribution in [-0.2, 0) is 16.0 Å². The van der Waals surface area contributed by atoms with Gasteiger partial charge in [-0.25, -0.2) is 0 Å². The Hall–Kier alpha value is -2.75. The fourth-order valence-corrected chi connectivity index (χ4v) is 2.24. The molecule has 0 radical (unpaired) electrons. The molecule has 0 saturated carbocycles. The Bertz CT molecular complexity index is 677. The molecule has 4 heteroatoms. The minimum Gasteiger partial charge on any atom is -0.508 e. The molecule has 0 atom stereocenters. The number of ether oxygens (including phenoxy) is 2. The SMILES string of the molecule is CCOC(=O)CCc1ccc(O)cc1OCC=Cc1ccccc1. The van der Waals surface area contributed by atoms with Gasteiger partial charge in [-0.05, 0) is 36.6 Å². The van der Waals surface area contributed by atoms with Gasteiger partial charge in [0.1, 0.15) is 18.1 Å². The van der Waals surface area contributed by atoms with E-state index < -0.39 is 0 Å². The number of phenols is 1. The lowest BCUT2D eigenvalue weighted by Gasteiger charge is -2.10. The number of aromatic hydroxyl groups is 1. The zero-order valence-corrected chi connectivity index (χ0v) is 13.8. The maximum atomic E-state index is 11.5. The van der Waals surface area contributed by atoms with E-state index in [9.17, 15) is 9.90 Å². The van der Waals surface area contributed by atoms with Gasteiger partial charge in [-0.2, -0.15) is 0 Å². The van der Waals surface area contributed by atoms with Crippen molar-refractivity contribution < 1.29 is 19.4 Å². The smallest absolute Gasteiger partial charge is 0.306 e. The number of hydrogen-bond acceptors (Lipinski definition) is 4. The first-order chi connectivity index (χ1) is 11.7. The van der Waals surface area contributed by atoms with E-state index in [4.69, 9.17) is 9.47 Å². The van der Waals surface area contributed by atoms with Gasteiger partial charge >= 0.3 is 5.97 Å². The third kappa shape index (κ3) is 5.80. The zero-order chi connectivity index (χ0) is 17.2. The molecule has 2 aromatic carbocycles. The Kier molecular flexibility index (Phi) is 6.90. The second-order valence-electron chi connectivity index (χ2n) is 5.22. The first kappa shape index (κ1) is 17.6. The van der Waals surface area contributed by atoms with Gasteiger partial charge < -0.3 is 14.6 Å². The molecule has 0 saturated heterocycles. The molecule has 0 aliphatic heterocycles. The van der Waals surface area contributed by atoms with Crippen LogP contribution in [0, 0.1) is 0 Å². The summed E-state index contributed by atoms with van der Waals surface area (Å²) in [4.78, 5) is 11.5. The number of aryl methyl sites for hydroxylation is 1. The Morgan fingerprint density at radius 3 is 2.71 bits per heavy atom. The number of carbonyl (C=O) groups is 1. The van der Waals surface area contributed by atoms with Gasteiger partial charge in [0, 0.05) is 12.5 Å². The van der Waals surface area contributed by atoms with Crippen LogP contribution in [-0.4, -0.2) is 24.3 Å². The van der Waals surface area contributed by atoms with E-state index in [1.54, 1.807) is 25.1 Å². The Morgan fingerprint density at radius 1 is 1.17 bits per heavy atom. The van der Waals surface area contributed by atoms with Gasteiger partial charge in [-0.1, -0.05) is 42.5 Å². The van der Waals surface area contributed by atoms with Crippen LogP contribution in [0.1, 0.15) is 24.5 Å². The highest BCUT2D eigenvalue weighted by atomic mass is 16.5. The molecule has 0 unspecified atom stereocenters. The summed E-state index contributed by atoms with van der Waals surface area (Å²) >= 11 is 0. The van der Waals surface area contributed by atoms with Crippen molar-refractivity contribution in [3.05, 3.63) is 65.7 Å². The summed E-state index contributed by atoms with van der Waals surface area (Å²) in [6.07, 6.45) is 4.68. The molecular weight excluding hydrogens is 304 g/mol. The Balaban J connectivity index is 1.94. The molecule has 0 aliphatic rings. The number of carbonyl (C=O) groups excluding carboxylic acids is 1. The molecule has 1 N–H and O–H groups in total. The predicted octanol–water partition coefficient (Wildman–Crippen LogP) is 3.98. The lowest BCUT2D eigenvalue weighted by atomic mass is 10.1. The Labute approximate surface area is 142 Å². The number of hydrogen-bond donors (Lipinski definition) is 1. The van der Waals surface area contributed by atoms with Crippen LogP contribution in [0.2, 0.25) is 0 Å². The van der Waals surface area contributed by atoms with Crippen LogP contribution in [0.5, 0.6) is 11.5 Å². The molecule has 0 fully saturated rings. The van der Waals surface area contributed by atoms with Crippen molar-refractivity contribution in [3.8, 4) is 11.5 Å². The minimum atomic E-state index is -0.236. The van der Waals surface area contributed by atoms with Crippen LogP contribution in [0.4, 0.5) is 0 Å². The monoisotopic (exact) mass is 326 g/mol. The average Bonchev–Trinajstić information content (AvgIpc) is 2.59. The third-order valence-corrected chi connectivity index (χ3v) is 3.40. The molecule has 0 bridgehead atoms. The summed E-state index contributed by atoms with van der Waals surface area (Å²) in [5, 5.41) is 9.64. The van der Waals surface area contributed by atoms with Gasteiger partial charge in [0.05, 0.1) is 6.61 Å². The van der Waals surface area contributed by atoms with E-state index in [2.05, 4.69) is 0 Å². The molecule has 4 nitrogen and oxygen atoms in total. The second-order valence-corrected chi connectivity index (χ2v) is 5.22. The van der Waals surface area contributed by atoms with Crippen molar-refractivity contribution in [1.82, 2.24) is 0 Å². The molecular formula is C20H22O4. The van der Waals surface area contributed by atoms with Crippen LogP contribution in [0.25, 0.3) is 6.08 Å². The highest BCUT2D eigenvalue weighted by molar-refractivity contribution is 5.69. The van der Waals surface area contributed by atoms with E-state index >= 15 is 0 Å². The summed E-state index contributed by atoms with van der Waals surface area (Å²) < 4.78 is 10.7. The highest BCUT2D eigenvalue weighted by Crippen LogP contribution is 2.25. The van der Waals surface area contributed by atoms with Crippen LogP contribution in [0.3, 0.4) is 0 Å². The first-order valence-corrected chi connectivity index (χ1v) is 8.01. The third-order valence-electron chi connectivity index (χ3n) is 3.40. The van der Waals surface area contributed by atoms with E-state index in [1.807, 2.05) is 42.5 Å². The highest BCUT2D eigenvalue weighted by Gasteiger charge is 2.08. The van der Waals surface area contributed by atoms with Crippen LogP contribution < -0.4 is 4.74 Å². The largest absolute Gasteiger partial charge is 0.508 e. The molecule has 126 valence electrons. The van der Waals surface area contributed by atoms with Crippen molar-refractivity contribution in [1.29, 1.82) is 0 Å². The molecule has 0 aromatic heterocycles. The van der Waals surface area contributed by atoms with Crippen molar-refractivity contribution in [2.45, 2.75) is 19.8 Å². The lowest BCUT2D eigenvalue weighted by Crippen LogP contribution is -2.06. The molecule has 0 heterocycles. The lowest BCUT2D eigenvalue weighted by molar-refractivity contribution is -0.143. The van der Waals surface area contributed by atoms with Crippen molar-refractivity contribution in [2.75, 3.05) is 13.2 Å². The van der Waals surface area contributed by atoms with Gasteiger partial charge in [0.2, 0.25) is 0 Å². The van der Waals surface area contributed by atoms with Gasteiger partial charge in [0.15, 0.2) is 0 Å². The molecule has 0 spiro atoms. The maximum Gasteiger partial charge on any atom is 0.306 e. The molecule has 2 aromatic rings. The summed E-state index contributed by atoms with van der Waals surface area (Å²) in [5.74, 6) is 0.481. The number of esters is 1. The van der Waals surface area contributed by atoms with Crippen molar-refractivity contribution in [2.24, 2.45) is 0 Å². The number of rotatable bonds is 8. The van der Waals surface area contributed by atoms with E-state index in [0.717, 1.165) is 11.1 Å². The summed E-state index contributed by atoms with van der Waals surface area (Å²) in [7, 11) is 0. The normalized spacial score (nSPS) is 10.7. The average molecular weight is 326 g/mol. The predicted molar refractivity (Wildman–Crippen MR) is 94.0 cm³/mol. The molecule has 2 rings (SSSR count). The van der Waals surface area contributed by atoms with E-state index in [1.165, 1.54) is 0 Å². The first-order valence-electron chi connectivity index (χ1n) is 8.01. The fourth-order valence-electron chi connectivity index (χ4n) is 2.24. The number of benzene rings is 2.